The zero-order valence-electron chi connectivity index (χ0n) is 34.4. The fourth-order valence-corrected chi connectivity index (χ4v) is 6.00. The SMILES string of the molecule is CC/C=C\C/C=C\C/C=C\C/C=C\C/C=C\C/C=C\CCC(=O)N1C[C@@H](C)N(C(=O)CC/C=C\C/C=C\C/C=C\C/C=C\C/C=C\C/C=C\CC)[C@@H](C)C1. The number of nitrogens with zero attached hydrogens (tertiary/aromatic N) is 2. The van der Waals surface area contributed by atoms with Crippen molar-refractivity contribution in [1.29, 1.82) is 0 Å². The molecule has 4 heteroatoms. The molecule has 1 saturated heterocycles. The molecule has 1 rings (SSSR count). The van der Waals surface area contributed by atoms with Crippen molar-refractivity contribution in [3.8, 4) is 0 Å². The Bertz CT molecular complexity index is 1320. The highest BCUT2D eigenvalue weighted by Gasteiger charge is 2.33. The average Bonchev–Trinajstić information content (AvgIpc) is 3.16. The number of hydrogen-bond acceptors (Lipinski definition) is 2. The number of hydrogen-bond donors (Lipinski definition) is 0. The number of carbonyl (C=O) groups excluding carboxylic acids is 2. The van der Waals surface area contributed by atoms with E-state index in [2.05, 4.69) is 174 Å². The fraction of sp³-hybridized carbons (Fsp3) is 0.480. The quantitative estimate of drug-likeness (QED) is 0.0751. The summed E-state index contributed by atoms with van der Waals surface area (Å²) in [4.78, 5) is 30.0. The van der Waals surface area contributed by atoms with Gasteiger partial charge in [0.1, 0.15) is 0 Å². The third kappa shape index (κ3) is 27.4. The second-order valence-electron chi connectivity index (χ2n) is 13.7. The molecule has 0 N–H and O–H groups in total. The summed E-state index contributed by atoms with van der Waals surface area (Å²) < 4.78 is 0. The Balaban J connectivity index is 2.16. The van der Waals surface area contributed by atoms with Crippen LogP contribution in [-0.4, -0.2) is 46.8 Å². The van der Waals surface area contributed by atoms with E-state index in [9.17, 15) is 9.59 Å². The van der Waals surface area contributed by atoms with Gasteiger partial charge in [-0.1, -0.05) is 160 Å². The minimum Gasteiger partial charge on any atom is -0.339 e. The van der Waals surface area contributed by atoms with Gasteiger partial charge in [0.05, 0.1) is 0 Å². The highest BCUT2D eigenvalue weighted by molar-refractivity contribution is 5.79. The predicted octanol–water partition coefficient (Wildman–Crippen LogP) is 13.4. The van der Waals surface area contributed by atoms with Gasteiger partial charge < -0.3 is 9.80 Å². The van der Waals surface area contributed by atoms with Crippen LogP contribution in [0.2, 0.25) is 0 Å². The van der Waals surface area contributed by atoms with E-state index in [1.807, 2.05) is 9.80 Å². The number of allylic oxidation sites excluding steroid dienone is 24. The van der Waals surface area contributed by atoms with Gasteiger partial charge in [0.25, 0.3) is 0 Å². The van der Waals surface area contributed by atoms with Gasteiger partial charge in [-0.3, -0.25) is 9.59 Å². The molecule has 0 aromatic carbocycles. The Labute approximate surface area is 331 Å². The number of rotatable bonds is 28. The zero-order chi connectivity index (χ0) is 39.2. The first-order valence-electron chi connectivity index (χ1n) is 20.9. The Hall–Kier alpha value is -4.18. The van der Waals surface area contributed by atoms with E-state index in [0.29, 0.717) is 25.9 Å². The predicted molar refractivity (Wildman–Crippen MR) is 237 cm³/mol. The molecule has 0 aromatic rings. The van der Waals surface area contributed by atoms with Crippen molar-refractivity contribution in [2.75, 3.05) is 13.1 Å². The first-order valence-corrected chi connectivity index (χ1v) is 20.9. The van der Waals surface area contributed by atoms with E-state index in [1.54, 1.807) is 0 Å². The summed E-state index contributed by atoms with van der Waals surface area (Å²) in [6, 6.07) is 0.0581. The van der Waals surface area contributed by atoms with Crippen molar-refractivity contribution >= 4 is 11.8 Å². The van der Waals surface area contributed by atoms with Gasteiger partial charge in [-0.15, -0.1) is 0 Å². The second-order valence-corrected chi connectivity index (χ2v) is 13.7. The Morgan fingerprint density at radius 3 is 0.907 bits per heavy atom. The Morgan fingerprint density at radius 1 is 0.389 bits per heavy atom. The minimum atomic E-state index is 0.0290. The molecule has 1 aliphatic heterocycles. The molecule has 2 atom stereocenters. The molecule has 296 valence electrons. The summed E-state index contributed by atoms with van der Waals surface area (Å²) in [5.41, 5.74) is 0. The molecule has 0 aliphatic carbocycles. The molecular formula is C50H74N2O2. The molecule has 0 unspecified atom stereocenters. The monoisotopic (exact) mass is 735 g/mol. The lowest BCUT2D eigenvalue weighted by atomic mass is 10.1. The van der Waals surface area contributed by atoms with E-state index in [4.69, 9.17) is 0 Å². The van der Waals surface area contributed by atoms with Crippen molar-refractivity contribution in [1.82, 2.24) is 9.80 Å². The third-order valence-corrected chi connectivity index (χ3v) is 8.80. The summed E-state index contributed by atoms with van der Waals surface area (Å²) in [6.07, 6.45) is 67.0. The highest BCUT2D eigenvalue weighted by atomic mass is 16.2. The normalized spacial score (nSPS) is 17.9. The van der Waals surface area contributed by atoms with Crippen LogP contribution in [0.25, 0.3) is 0 Å². The third-order valence-electron chi connectivity index (χ3n) is 8.80. The van der Waals surface area contributed by atoms with Crippen LogP contribution in [0.15, 0.2) is 146 Å². The molecule has 0 aromatic heterocycles. The maximum atomic E-state index is 13.1. The van der Waals surface area contributed by atoms with E-state index >= 15 is 0 Å². The van der Waals surface area contributed by atoms with Gasteiger partial charge in [0, 0.05) is 38.0 Å². The highest BCUT2D eigenvalue weighted by Crippen LogP contribution is 2.19. The number of carbonyl (C=O) groups is 2. The molecule has 2 amide bonds. The largest absolute Gasteiger partial charge is 0.339 e. The van der Waals surface area contributed by atoms with E-state index < -0.39 is 0 Å². The van der Waals surface area contributed by atoms with Crippen LogP contribution >= 0.6 is 0 Å². The summed E-state index contributed by atoms with van der Waals surface area (Å²) in [5.74, 6) is 0.359. The van der Waals surface area contributed by atoms with Gasteiger partial charge in [-0.2, -0.15) is 0 Å². The summed E-state index contributed by atoms with van der Waals surface area (Å²) in [6.45, 7) is 9.66. The van der Waals surface area contributed by atoms with Crippen LogP contribution in [-0.2, 0) is 9.59 Å². The lowest BCUT2D eigenvalue weighted by molar-refractivity contribution is -0.146. The van der Waals surface area contributed by atoms with E-state index in [-0.39, 0.29) is 23.9 Å². The average molecular weight is 735 g/mol. The smallest absolute Gasteiger partial charge is 0.223 e. The van der Waals surface area contributed by atoms with Gasteiger partial charge in [-0.25, -0.2) is 0 Å². The van der Waals surface area contributed by atoms with Crippen molar-refractivity contribution in [2.45, 2.75) is 143 Å². The maximum Gasteiger partial charge on any atom is 0.223 e. The number of amides is 2. The minimum absolute atomic E-state index is 0.0290. The molecule has 4 nitrogen and oxygen atoms in total. The molecule has 0 spiro atoms. The van der Waals surface area contributed by atoms with Crippen LogP contribution in [0.1, 0.15) is 130 Å². The molecule has 54 heavy (non-hydrogen) atoms. The van der Waals surface area contributed by atoms with Crippen LogP contribution < -0.4 is 0 Å². The first-order chi connectivity index (χ1) is 26.5. The van der Waals surface area contributed by atoms with Crippen LogP contribution in [0, 0.1) is 0 Å². The van der Waals surface area contributed by atoms with Crippen LogP contribution in [0.4, 0.5) is 0 Å². The van der Waals surface area contributed by atoms with Crippen LogP contribution in [0.3, 0.4) is 0 Å². The van der Waals surface area contributed by atoms with Crippen LogP contribution in [0.5, 0.6) is 0 Å². The lowest BCUT2D eigenvalue weighted by Gasteiger charge is -2.44. The van der Waals surface area contributed by atoms with Gasteiger partial charge in [-0.05, 0) is 104 Å². The lowest BCUT2D eigenvalue weighted by Crippen LogP contribution is -2.59. The number of piperazine rings is 1. The summed E-state index contributed by atoms with van der Waals surface area (Å²) >= 11 is 0. The van der Waals surface area contributed by atoms with Crippen molar-refractivity contribution < 1.29 is 9.59 Å². The van der Waals surface area contributed by atoms with E-state index in [0.717, 1.165) is 89.9 Å². The van der Waals surface area contributed by atoms with Crippen molar-refractivity contribution in [2.24, 2.45) is 0 Å². The van der Waals surface area contributed by atoms with Crippen molar-refractivity contribution in [3.05, 3.63) is 146 Å². The van der Waals surface area contributed by atoms with E-state index in [1.165, 1.54) is 0 Å². The Kier molecular flexibility index (Phi) is 31.7. The van der Waals surface area contributed by atoms with Gasteiger partial charge in [0.2, 0.25) is 11.8 Å². The molecule has 1 fully saturated rings. The molecule has 0 saturated carbocycles. The molecular weight excluding hydrogens is 661 g/mol. The topological polar surface area (TPSA) is 40.6 Å². The van der Waals surface area contributed by atoms with Crippen molar-refractivity contribution in [3.63, 3.8) is 0 Å². The standard InChI is InChI=1S/C50H74N2O2/c1-5-7-9-11-13-15-17-19-21-23-25-27-29-31-33-35-37-39-41-43-49(53)51-45-47(3)52(48(4)46-51)50(54)44-42-40-38-36-34-32-30-28-26-24-22-20-18-16-14-12-10-8-6-2/h7-10,13-16,19-22,25-28,31-34,37-40,47-48H,5-6,11-12,17-18,23-24,29-30,35-36,41-46H2,1-4H3/b9-7-,10-8-,15-13-,16-14-,21-19-,22-20-,27-25-,28-26-,33-31-,34-32-,39-37-,40-38-/t47-,48+. The molecule has 0 bridgehead atoms. The first kappa shape index (κ1) is 47.8. The van der Waals surface area contributed by atoms with Gasteiger partial charge in [0.15, 0.2) is 0 Å². The van der Waals surface area contributed by atoms with Gasteiger partial charge >= 0.3 is 0 Å². The zero-order valence-corrected chi connectivity index (χ0v) is 34.4. The second kappa shape index (κ2) is 35.8. The maximum absolute atomic E-state index is 13.1. The fourth-order valence-electron chi connectivity index (χ4n) is 6.00. The molecule has 1 aliphatic rings. The Morgan fingerprint density at radius 2 is 0.630 bits per heavy atom. The summed E-state index contributed by atoms with van der Waals surface area (Å²) in [7, 11) is 0. The molecule has 0 radical (unpaired) electrons. The molecule has 1 heterocycles. The summed E-state index contributed by atoms with van der Waals surface area (Å²) in [5, 5.41) is 0.